The molecule has 1 aromatic rings. The molecule has 0 aromatic heterocycles. The number of nitrogen functional groups attached to an aromatic ring is 1. The van der Waals surface area contributed by atoms with E-state index in [1.54, 1.807) is 13.2 Å². The SMILES string of the molecule is COc1ccc(SCl)c(N)c1. The Morgan fingerprint density at radius 2 is 2.27 bits per heavy atom. The molecule has 0 radical (unpaired) electrons. The quantitative estimate of drug-likeness (QED) is 0.727. The fraction of sp³-hybridized carbons (Fsp3) is 0.143. The first-order chi connectivity index (χ1) is 5.27. The van der Waals surface area contributed by atoms with E-state index in [0.29, 0.717) is 5.69 Å². The van der Waals surface area contributed by atoms with Crippen LogP contribution in [0.15, 0.2) is 23.1 Å². The number of anilines is 1. The minimum Gasteiger partial charge on any atom is -0.497 e. The topological polar surface area (TPSA) is 35.2 Å². The van der Waals surface area contributed by atoms with E-state index in [4.69, 9.17) is 21.2 Å². The minimum absolute atomic E-state index is 0.643. The molecule has 4 heteroatoms. The number of methoxy groups -OCH3 is 1. The van der Waals surface area contributed by atoms with Gasteiger partial charge in [-0.3, -0.25) is 0 Å². The van der Waals surface area contributed by atoms with Gasteiger partial charge in [0.15, 0.2) is 0 Å². The van der Waals surface area contributed by atoms with Crippen LogP contribution in [0.4, 0.5) is 5.69 Å². The summed E-state index contributed by atoms with van der Waals surface area (Å²) in [6, 6.07) is 5.39. The van der Waals surface area contributed by atoms with Gasteiger partial charge in [0, 0.05) is 11.0 Å². The van der Waals surface area contributed by atoms with E-state index in [0.717, 1.165) is 21.6 Å². The summed E-state index contributed by atoms with van der Waals surface area (Å²) < 4.78 is 4.96. The third kappa shape index (κ3) is 1.94. The average molecular weight is 190 g/mol. The molecule has 0 saturated heterocycles. The fourth-order valence-corrected chi connectivity index (χ4v) is 1.41. The van der Waals surface area contributed by atoms with Crippen molar-refractivity contribution in [3.63, 3.8) is 0 Å². The molecular formula is C7H8ClNOS. The second-order valence-electron chi connectivity index (χ2n) is 1.98. The molecule has 0 spiro atoms. The Hall–Kier alpha value is -0.540. The number of hydrogen-bond acceptors (Lipinski definition) is 3. The van der Waals surface area contributed by atoms with Gasteiger partial charge in [-0.25, -0.2) is 0 Å². The summed E-state index contributed by atoms with van der Waals surface area (Å²) in [4.78, 5) is 0.854. The molecule has 0 atom stereocenters. The highest BCUT2D eigenvalue weighted by atomic mass is 35.7. The summed E-state index contributed by atoms with van der Waals surface area (Å²) >= 11 is 0. The second kappa shape index (κ2) is 3.74. The predicted octanol–water partition coefficient (Wildman–Crippen LogP) is 2.52. The number of ether oxygens (including phenoxy) is 1. The van der Waals surface area contributed by atoms with Crippen molar-refractivity contribution in [3.05, 3.63) is 18.2 Å². The highest BCUT2D eigenvalue weighted by Gasteiger charge is 1.99. The zero-order valence-electron chi connectivity index (χ0n) is 6.00. The van der Waals surface area contributed by atoms with Crippen molar-refractivity contribution in [1.82, 2.24) is 0 Å². The van der Waals surface area contributed by atoms with Gasteiger partial charge in [0.2, 0.25) is 0 Å². The summed E-state index contributed by atoms with van der Waals surface area (Å²) in [7, 11) is 8.23. The van der Waals surface area contributed by atoms with Gasteiger partial charge in [0.05, 0.1) is 12.8 Å². The summed E-state index contributed by atoms with van der Waals surface area (Å²) in [5.74, 6) is 0.747. The van der Waals surface area contributed by atoms with Crippen molar-refractivity contribution in [2.24, 2.45) is 0 Å². The second-order valence-corrected chi connectivity index (χ2v) is 3.04. The van der Waals surface area contributed by atoms with Gasteiger partial charge < -0.3 is 10.5 Å². The first-order valence-corrected chi connectivity index (χ1v) is 4.64. The zero-order chi connectivity index (χ0) is 8.27. The number of nitrogens with two attached hydrogens (primary N) is 1. The van der Waals surface area contributed by atoms with Crippen molar-refractivity contribution >= 4 is 27.3 Å². The lowest BCUT2D eigenvalue weighted by Gasteiger charge is -2.03. The van der Waals surface area contributed by atoms with E-state index in [-0.39, 0.29) is 0 Å². The molecule has 60 valence electrons. The maximum atomic E-state index is 5.62. The Kier molecular flexibility index (Phi) is 2.91. The van der Waals surface area contributed by atoms with E-state index >= 15 is 0 Å². The van der Waals surface area contributed by atoms with Gasteiger partial charge in [-0.05, 0) is 33.8 Å². The normalized spacial score (nSPS) is 9.64. The van der Waals surface area contributed by atoms with Gasteiger partial charge in [-0.1, -0.05) is 0 Å². The molecule has 1 rings (SSSR count). The van der Waals surface area contributed by atoms with Crippen LogP contribution in [-0.4, -0.2) is 7.11 Å². The fourth-order valence-electron chi connectivity index (χ4n) is 0.724. The molecule has 1 aromatic carbocycles. The Morgan fingerprint density at radius 1 is 1.55 bits per heavy atom. The smallest absolute Gasteiger partial charge is 0.120 e. The summed E-state index contributed by atoms with van der Waals surface area (Å²) in [6.07, 6.45) is 0. The van der Waals surface area contributed by atoms with Crippen molar-refractivity contribution in [2.45, 2.75) is 4.90 Å². The standard InChI is InChI=1S/C7H8ClNOS/c1-10-5-2-3-7(11-8)6(9)4-5/h2-4H,9H2,1H3. The Labute approximate surface area is 74.2 Å². The van der Waals surface area contributed by atoms with Crippen molar-refractivity contribution < 1.29 is 4.74 Å². The molecule has 0 fully saturated rings. The Bertz CT molecular complexity index is 254. The third-order valence-corrected chi connectivity index (χ3v) is 2.34. The first kappa shape index (κ1) is 8.56. The molecule has 2 nitrogen and oxygen atoms in total. The monoisotopic (exact) mass is 189 g/mol. The van der Waals surface area contributed by atoms with Crippen molar-refractivity contribution in [3.8, 4) is 5.75 Å². The molecule has 0 amide bonds. The molecule has 0 aliphatic carbocycles. The molecule has 0 bridgehead atoms. The van der Waals surface area contributed by atoms with Gasteiger partial charge in [-0.15, -0.1) is 0 Å². The van der Waals surface area contributed by atoms with Crippen LogP contribution in [0.25, 0.3) is 0 Å². The Morgan fingerprint density at radius 3 is 2.73 bits per heavy atom. The maximum absolute atomic E-state index is 5.62. The lowest BCUT2D eigenvalue weighted by molar-refractivity contribution is 0.415. The number of benzene rings is 1. The lowest BCUT2D eigenvalue weighted by atomic mass is 10.3. The summed E-state index contributed by atoms with van der Waals surface area (Å²) in [5, 5.41) is 0. The molecule has 0 saturated carbocycles. The number of halogens is 1. The van der Waals surface area contributed by atoms with Gasteiger partial charge >= 0.3 is 0 Å². The maximum Gasteiger partial charge on any atom is 0.120 e. The predicted molar refractivity (Wildman–Crippen MR) is 49.1 cm³/mol. The minimum atomic E-state index is 0.643. The molecule has 2 N–H and O–H groups in total. The number of rotatable bonds is 2. The van der Waals surface area contributed by atoms with Crippen LogP contribution in [-0.2, 0) is 0 Å². The van der Waals surface area contributed by atoms with Crippen LogP contribution >= 0.6 is 21.7 Å². The third-order valence-electron chi connectivity index (χ3n) is 1.30. The van der Waals surface area contributed by atoms with Gasteiger partial charge in [0.25, 0.3) is 0 Å². The van der Waals surface area contributed by atoms with Crippen LogP contribution in [0.1, 0.15) is 0 Å². The molecule has 0 unspecified atom stereocenters. The Balaban J connectivity index is 2.99. The largest absolute Gasteiger partial charge is 0.497 e. The molecule has 0 aliphatic heterocycles. The average Bonchev–Trinajstić information content (AvgIpc) is 2.04. The van der Waals surface area contributed by atoms with E-state index in [1.807, 2.05) is 12.1 Å². The molecule has 0 aliphatic rings. The van der Waals surface area contributed by atoms with E-state index < -0.39 is 0 Å². The summed E-state index contributed by atoms with van der Waals surface area (Å²) in [6.45, 7) is 0. The number of hydrogen-bond donors (Lipinski definition) is 1. The van der Waals surface area contributed by atoms with Crippen molar-refractivity contribution in [2.75, 3.05) is 12.8 Å². The van der Waals surface area contributed by atoms with E-state index in [9.17, 15) is 0 Å². The van der Waals surface area contributed by atoms with Gasteiger partial charge in [0.1, 0.15) is 5.75 Å². The first-order valence-electron chi connectivity index (χ1n) is 3.00. The lowest BCUT2D eigenvalue weighted by Crippen LogP contribution is -1.89. The van der Waals surface area contributed by atoms with Crippen LogP contribution in [0, 0.1) is 0 Å². The molecular weight excluding hydrogens is 182 g/mol. The highest BCUT2D eigenvalue weighted by molar-refractivity contribution is 8.21. The van der Waals surface area contributed by atoms with Crippen LogP contribution in [0.2, 0.25) is 0 Å². The van der Waals surface area contributed by atoms with E-state index in [2.05, 4.69) is 0 Å². The van der Waals surface area contributed by atoms with Crippen molar-refractivity contribution in [1.29, 1.82) is 0 Å². The van der Waals surface area contributed by atoms with Gasteiger partial charge in [-0.2, -0.15) is 0 Å². The summed E-state index contributed by atoms with van der Waals surface area (Å²) in [5.41, 5.74) is 6.27. The highest BCUT2D eigenvalue weighted by Crippen LogP contribution is 2.30. The zero-order valence-corrected chi connectivity index (χ0v) is 7.58. The van der Waals surface area contributed by atoms with Crippen LogP contribution in [0.3, 0.4) is 0 Å². The molecule has 11 heavy (non-hydrogen) atoms. The van der Waals surface area contributed by atoms with E-state index in [1.165, 1.54) is 0 Å². The van der Waals surface area contributed by atoms with Crippen LogP contribution in [0.5, 0.6) is 5.75 Å². The molecule has 0 heterocycles. The van der Waals surface area contributed by atoms with Crippen LogP contribution < -0.4 is 10.5 Å².